The molecular weight excluding hydrogens is 182 g/mol. The van der Waals surface area contributed by atoms with E-state index in [9.17, 15) is 9.59 Å². The number of nitrogens with two attached hydrogens (primary N) is 2. The van der Waals surface area contributed by atoms with Crippen molar-refractivity contribution in [3.63, 3.8) is 0 Å². The van der Waals surface area contributed by atoms with E-state index in [1.54, 1.807) is 6.92 Å². The highest BCUT2D eigenvalue weighted by Gasteiger charge is 2.19. The second-order valence-corrected chi connectivity index (χ2v) is 3.87. The number of hydrogen-bond donors (Lipinski definition) is 2. The van der Waals surface area contributed by atoms with Crippen LogP contribution in [0.15, 0.2) is 0 Å². The number of rotatable bonds is 5. The lowest BCUT2D eigenvalue weighted by Gasteiger charge is -2.24. The van der Waals surface area contributed by atoms with Crippen LogP contribution in [0, 0.1) is 5.92 Å². The lowest BCUT2D eigenvalue weighted by Crippen LogP contribution is -2.47. The van der Waals surface area contributed by atoms with Crippen LogP contribution in [0.5, 0.6) is 0 Å². The van der Waals surface area contributed by atoms with Crippen LogP contribution in [-0.2, 0) is 9.59 Å². The minimum Gasteiger partial charge on any atom is -0.368 e. The summed E-state index contributed by atoms with van der Waals surface area (Å²) in [6.45, 7) is 5.96. The number of amides is 2. The Balaban J connectivity index is 4.38. The summed E-state index contributed by atoms with van der Waals surface area (Å²) >= 11 is 0. The Morgan fingerprint density at radius 2 is 1.79 bits per heavy atom. The first-order valence-corrected chi connectivity index (χ1v) is 4.67. The number of carbonyl (C=O) groups excluding carboxylic acids is 2. The maximum Gasteiger partial charge on any atom is 0.239 e. The number of hydrogen-bond acceptors (Lipinski definition) is 3. The van der Waals surface area contributed by atoms with Gasteiger partial charge in [0.15, 0.2) is 0 Å². The van der Waals surface area contributed by atoms with Gasteiger partial charge in [-0.05, 0) is 12.8 Å². The zero-order chi connectivity index (χ0) is 11.3. The van der Waals surface area contributed by atoms with Gasteiger partial charge in [-0.3, -0.25) is 9.59 Å². The fourth-order valence-electron chi connectivity index (χ4n) is 1.15. The Morgan fingerprint density at radius 3 is 2.07 bits per heavy atom. The van der Waals surface area contributed by atoms with Crippen LogP contribution >= 0.6 is 0 Å². The zero-order valence-corrected chi connectivity index (χ0v) is 8.99. The van der Waals surface area contributed by atoms with Crippen LogP contribution < -0.4 is 11.5 Å². The summed E-state index contributed by atoms with van der Waals surface area (Å²) in [5, 5.41) is 0. The fourth-order valence-corrected chi connectivity index (χ4v) is 1.15. The van der Waals surface area contributed by atoms with E-state index in [4.69, 9.17) is 11.5 Å². The van der Waals surface area contributed by atoms with Crippen LogP contribution in [0.4, 0.5) is 0 Å². The van der Waals surface area contributed by atoms with Crippen LogP contribution in [0.25, 0.3) is 0 Å². The van der Waals surface area contributed by atoms with Crippen molar-refractivity contribution < 1.29 is 9.59 Å². The first-order chi connectivity index (χ1) is 6.34. The third-order valence-corrected chi connectivity index (χ3v) is 1.63. The van der Waals surface area contributed by atoms with E-state index in [-0.39, 0.29) is 18.4 Å². The summed E-state index contributed by atoms with van der Waals surface area (Å²) in [5.74, 6) is -0.464. The Morgan fingerprint density at radius 1 is 1.29 bits per heavy atom. The van der Waals surface area contributed by atoms with Crippen LogP contribution in [0.3, 0.4) is 0 Å². The molecule has 0 aromatic heterocycles. The summed E-state index contributed by atoms with van der Waals surface area (Å²) in [5.41, 5.74) is 10.5. The van der Waals surface area contributed by atoms with Gasteiger partial charge >= 0.3 is 0 Å². The van der Waals surface area contributed by atoms with Crippen molar-refractivity contribution >= 4 is 11.8 Å². The number of carbonyl (C=O) groups is 2. The smallest absolute Gasteiger partial charge is 0.239 e. The van der Waals surface area contributed by atoms with Crippen molar-refractivity contribution in [1.29, 1.82) is 0 Å². The van der Waals surface area contributed by atoms with Crippen LogP contribution in [0.2, 0.25) is 0 Å². The lowest BCUT2D eigenvalue weighted by atomic mass is 10.2. The number of primary amides is 1. The summed E-state index contributed by atoms with van der Waals surface area (Å²) in [6, 6.07) is -0.590. The molecule has 0 aliphatic carbocycles. The van der Waals surface area contributed by atoms with E-state index in [0.29, 0.717) is 6.54 Å². The second kappa shape index (κ2) is 5.59. The topological polar surface area (TPSA) is 89.4 Å². The Labute approximate surface area is 84.4 Å². The van der Waals surface area contributed by atoms with Gasteiger partial charge in [0, 0.05) is 6.54 Å². The maximum atomic E-state index is 11.5. The Kier molecular flexibility index (Phi) is 5.15. The van der Waals surface area contributed by atoms with Gasteiger partial charge < -0.3 is 16.4 Å². The maximum absolute atomic E-state index is 11.5. The van der Waals surface area contributed by atoms with Gasteiger partial charge in [0.2, 0.25) is 11.8 Å². The predicted octanol–water partition coefficient (Wildman–Crippen LogP) is -0.696. The number of nitrogens with zero attached hydrogens (tertiary/aromatic N) is 1. The quantitative estimate of drug-likeness (QED) is 0.616. The molecule has 4 N–H and O–H groups in total. The minimum absolute atomic E-state index is 0.0570. The second-order valence-electron chi connectivity index (χ2n) is 3.87. The molecule has 2 amide bonds. The zero-order valence-electron chi connectivity index (χ0n) is 8.99. The normalized spacial score (nSPS) is 12.6. The minimum atomic E-state index is -0.590. The molecule has 0 unspecified atom stereocenters. The molecule has 0 heterocycles. The molecule has 0 fully saturated rings. The van der Waals surface area contributed by atoms with Gasteiger partial charge in [0.25, 0.3) is 0 Å². The molecular formula is C9H19N3O2. The standard InChI is InChI=1S/C9H19N3O2/c1-6(2)4-12(5-8(11)13)9(14)7(3)10/h6-7H,4-5,10H2,1-3H3,(H2,11,13)/t7-/m1/s1. The molecule has 0 aliphatic heterocycles. The van der Waals surface area contributed by atoms with Crippen LogP contribution in [0.1, 0.15) is 20.8 Å². The Hall–Kier alpha value is -1.10. The summed E-state index contributed by atoms with van der Waals surface area (Å²) in [4.78, 5) is 23.6. The van der Waals surface area contributed by atoms with E-state index >= 15 is 0 Å². The van der Waals surface area contributed by atoms with Crippen molar-refractivity contribution in [2.45, 2.75) is 26.8 Å². The highest BCUT2D eigenvalue weighted by atomic mass is 16.2. The molecule has 0 spiro atoms. The molecule has 0 saturated carbocycles. The third kappa shape index (κ3) is 4.81. The summed E-state index contributed by atoms with van der Waals surface area (Å²) in [7, 11) is 0. The van der Waals surface area contributed by atoms with Crippen LogP contribution in [-0.4, -0.2) is 35.8 Å². The van der Waals surface area contributed by atoms with Crippen molar-refractivity contribution in [1.82, 2.24) is 4.90 Å². The lowest BCUT2D eigenvalue weighted by molar-refractivity contribution is -0.136. The van der Waals surface area contributed by atoms with Crippen molar-refractivity contribution in [2.24, 2.45) is 17.4 Å². The van der Waals surface area contributed by atoms with Gasteiger partial charge in [-0.15, -0.1) is 0 Å². The van der Waals surface area contributed by atoms with E-state index in [0.717, 1.165) is 0 Å². The van der Waals surface area contributed by atoms with Gasteiger partial charge in [-0.25, -0.2) is 0 Å². The molecule has 0 rings (SSSR count). The van der Waals surface area contributed by atoms with Gasteiger partial charge in [0.1, 0.15) is 0 Å². The molecule has 0 radical (unpaired) electrons. The van der Waals surface area contributed by atoms with Gasteiger partial charge in [-0.2, -0.15) is 0 Å². The molecule has 0 bridgehead atoms. The largest absolute Gasteiger partial charge is 0.368 e. The first kappa shape index (κ1) is 12.9. The van der Waals surface area contributed by atoms with E-state index in [2.05, 4.69) is 0 Å². The summed E-state index contributed by atoms with van der Waals surface area (Å²) in [6.07, 6.45) is 0. The average Bonchev–Trinajstić information content (AvgIpc) is 1.99. The van der Waals surface area contributed by atoms with Gasteiger partial charge in [-0.1, -0.05) is 13.8 Å². The van der Waals surface area contributed by atoms with Gasteiger partial charge in [0.05, 0.1) is 12.6 Å². The van der Waals surface area contributed by atoms with Crippen molar-refractivity contribution in [3.8, 4) is 0 Å². The molecule has 14 heavy (non-hydrogen) atoms. The third-order valence-electron chi connectivity index (χ3n) is 1.63. The highest BCUT2D eigenvalue weighted by molar-refractivity contribution is 5.86. The highest BCUT2D eigenvalue weighted by Crippen LogP contribution is 2.00. The molecule has 5 heteroatoms. The first-order valence-electron chi connectivity index (χ1n) is 4.67. The van der Waals surface area contributed by atoms with Crippen molar-refractivity contribution in [2.75, 3.05) is 13.1 Å². The Bertz CT molecular complexity index is 214. The molecule has 82 valence electrons. The SMILES string of the molecule is CC(C)CN(CC(N)=O)C(=O)[C@@H](C)N. The molecule has 0 saturated heterocycles. The molecule has 1 atom stereocenters. The summed E-state index contributed by atoms with van der Waals surface area (Å²) < 4.78 is 0. The molecule has 0 aromatic carbocycles. The van der Waals surface area contributed by atoms with Crippen molar-refractivity contribution in [3.05, 3.63) is 0 Å². The molecule has 0 aliphatic rings. The predicted molar refractivity (Wildman–Crippen MR) is 54.3 cm³/mol. The molecule has 0 aromatic rings. The monoisotopic (exact) mass is 201 g/mol. The van der Waals surface area contributed by atoms with E-state index in [1.165, 1.54) is 4.90 Å². The van der Waals surface area contributed by atoms with E-state index in [1.807, 2.05) is 13.8 Å². The molecule has 5 nitrogen and oxygen atoms in total. The average molecular weight is 201 g/mol. The fraction of sp³-hybridized carbons (Fsp3) is 0.778. The van der Waals surface area contributed by atoms with E-state index < -0.39 is 11.9 Å².